The van der Waals surface area contributed by atoms with Crippen LogP contribution in [0.4, 0.5) is 0 Å². The van der Waals surface area contributed by atoms with Crippen LogP contribution in [0.3, 0.4) is 0 Å². The first-order valence-corrected chi connectivity index (χ1v) is 9.38. The van der Waals surface area contributed by atoms with Gasteiger partial charge in [0.2, 0.25) is 5.76 Å². The lowest BCUT2D eigenvalue weighted by atomic mass is 10.0. The average molecular weight is 401 g/mol. The molecule has 1 aliphatic rings. The van der Waals surface area contributed by atoms with Crippen molar-refractivity contribution in [2.24, 2.45) is 11.7 Å². The fourth-order valence-electron chi connectivity index (χ4n) is 4.00. The Labute approximate surface area is 170 Å². The predicted molar refractivity (Wildman–Crippen MR) is 113 cm³/mol. The number of rotatable bonds is 5. The summed E-state index contributed by atoms with van der Waals surface area (Å²) in [5.41, 5.74) is 8.27. The molecule has 1 heterocycles. The number of hydrogen-bond donors (Lipinski definition) is 2. The Bertz CT molecular complexity index is 955. The smallest absolute Gasteiger partial charge is 0.287 e. The zero-order valence-corrected chi connectivity index (χ0v) is 16.6. The van der Waals surface area contributed by atoms with Crippen LogP contribution in [0.2, 0.25) is 0 Å². The SMILES string of the molecule is COc1ccc2c(-c3ccccc3)c(C(=O)NC3CCCC3CN)oc2c1.Cl. The van der Waals surface area contributed by atoms with Crippen LogP contribution in [0, 0.1) is 5.92 Å². The van der Waals surface area contributed by atoms with E-state index in [-0.39, 0.29) is 24.4 Å². The van der Waals surface area contributed by atoms with Gasteiger partial charge in [-0.3, -0.25) is 4.79 Å². The minimum absolute atomic E-state index is 0. The topological polar surface area (TPSA) is 77.5 Å². The Balaban J connectivity index is 0.00000225. The van der Waals surface area contributed by atoms with Crippen LogP contribution >= 0.6 is 12.4 Å². The average Bonchev–Trinajstić information content (AvgIpc) is 3.31. The summed E-state index contributed by atoms with van der Waals surface area (Å²) in [5, 5.41) is 4.05. The Kier molecular flexibility index (Phi) is 6.27. The molecule has 3 aromatic rings. The zero-order chi connectivity index (χ0) is 18.8. The Morgan fingerprint density at radius 1 is 1.21 bits per heavy atom. The first kappa shape index (κ1) is 20.2. The molecule has 0 bridgehead atoms. The molecule has 2 unspecified atom stereocenters. The number of carbonyl (C=O) groups excluding carboxylic acids is 1. The number of carbonyl (C=O) groups is 1. The molecule has 5 nitrogen and oxygen atoms in total. The second-order valence-electron chi connectivity index (χ2n) is 7.04. The van der Waals surface area contributed by atoms with E-state index in [1.807, 2.05) is 48.5 Å². The number of hydrogen-bond acceptors (Lipinski definition) is 4. The third kappa shape index (κ3) is 3.73. The molecular weight excluding hydrogens is 376 g/mol. The maximum absolute atomic E-state index is 13.1. The number of benzene rings is 2. The third-order valence-corrected chi connectivity index (χ3v) is 5.44. The van der Waals surface area contributed by atoms with Gasteiger partial charge in [0, 0.05) is 23.1 Å². The largest absolute Gasteiger partial charge is 0.497 e. The van der Waals surface area contributed by atoms with Gasteiger partial charge in [0.25, 0.3) is 5.91 Å². The molecular formula is C22H25ClN2O3. The molecule has 1 aromatic heterocycles. The van der Waals surface area contributed by atoms with Gasteiger partial charge in [-0.05, 0) is 43.0 Å². The fraction of sp³-hybridized carbons (Fsp3) is 0.318. The summed E-state index contributed by atoms with van der Waals surface area (Å²) < 4.78 is 11.3. The second-order valence-corrected chi connectivity index (χ2v) is 7.04. The molecule has 28 heavy (non-hydrogen) atoms. The highest BCUT2D eigenvalue weighted by Crippen LogP contribution is 2.37. The number of nitrogens with two attached hydrogens (primary N) is 1. The minimum Gasteiger partial charge on any atom is -0.497 e. The number of nitrogens with one attached hydrogen (secondary N) is 1. The van der Waals surface area contributed by atoms with Gasteiger partial charge >= 0.3 is 0 Å². The second kappa shape index (κ2) is 8.67. The summed E-state index contributed by atoms with van der Waals surface area (Å²) in [7, 11) is 1.61. The number of halogens is 1. The van der Waals surface area contributed by atoms with Crippen LogP contribution in [-0.2, 0) is 0 Å². The number of ether oxygens (including phenoxy) is 1. The Morgan fingerprint density at radius 3 is 2.71 bits per heavy atom. The van der Waals surface area contributed by atoms with Crippen LogP contribution in [0.15, 0.2) is 52.9 Å². The van der Waals surface area contributed by atoms with Crippen LogP contribution in [0.5, 0.6) is 5.75 Å². The highest BCUT2D eigenvalue weighted by Gasteiger charge is 2.30. The summed E-state index contributed by atoms with van der Waals surface area (Å²) >= 11 is 0. The lowest BCUT2D eigenvalue weighted by Crippen LogP contribution is -2.39. The molecule has 2 atom stereocenters. The van der Waals surface area contributed by atoms with Crippen molar-refractivity contribution in [2.45, 2.75) is 25.3 Å². The number of amides is 1. The standard InChI is InChI=1S/C22H24N2O3.ClH/c1-26-16-10-11-17-19(12-16)27-21(20(17)14-6-3-2-4-7-14)22(25)24-18-9-5-8-15(18)13-23;/h2-4,6-7,10-12,15,18H,5,8-9,13,23H2,1H3,(H,24,25);1H. The maximum atomic E-state index is 13.1. The van der Waals surface area contributed by atoms with E-state index in [9.17, 15) is 4.79 Å². The number of methoxy groups -OCH3 is 1. The first-order chi connectivity index (χ1) is 13.2. The van der Waals surface area contributed by atoms with Crippen LogP contribution in [0.25, 0.3) is 22.1 Å². The molecule has 1 aliphatic carbocycles. The molecule has 1 amide bonds. The van der Waals surface area contributed by atoms with Crippen LogP contribution < -0.4 is 15.8 Å². The Morgan fingerprint density at radius 2 is 2.00 bits per heavy atom. The maximum Gasteiger partial charge on any atom is 0.287 e. The van der Waals surface area contributed by atoms with E-state index in [2.05, 4.69) is 5.32 Å². The van der Waals surface area contributed by atoms with E-state index in [1.54, 1.807) is 7.11 Å². The first-order valence-electron chi connectivity index (χ1n) is 9.38. The molecule has 1 saturated carbocycles. The van der Waals surface area contributed by atoms with Crippen molar-refractivity contribution in [3.8, 4) is 16.9 Å². The van der Waals surface area contributed by atoms with E-state index < -0.39 is 0 Å². The van der Waals surface area contributed by atoms with Gasteiger partial charge in [-0.2, -0.15) is 0 Å². The number of fused-ring (bicyclic) bond motifs is 1. The van der Waals surface area contributed by atoms with Gasteiger partial charge in [0.1, 0.15) is 11.3 Å². The summed E-state index contributed by atoms with van der Waals surface area (Å²) in [6, 6.07) is 15.6. The summed E-state index contributed by atoms with van der Waals surface area (Å²) in [5.74, 6) is 1.18. The summed E-state index contributed by atoms with van der Waals surface area (Å²) in [4.78, 5) is 13.1. The zero-order valence-electron chi connectivity index (χ0n) is 15.8. The van der Waals surface area contributed by atoms with Crippen LogP contribution in [-0.4, -0.2) is 25.6 Å². The molecule has 6 heteroatoms. The van der Waals surface area contributed by atoms with Crippen molar-refractivity contribution in [1.82, 2.24) is 5.32 Å². The molecule has 148 valence electrons. The quantitative estimate of drug-likeness (QED) is 0.665. The van der Waals surface area contributed by atoms with Crippen molar-refractivity contribution in [1.29, 1.82) is 0 Å². The third-order valence-electron chi connectivity index (χ3n) is 5.44. The summed E-state index contributed by atoms with van der Waals surface area (Å²) in [6.07, 6.45) is 3.11. The highest BCUT2D eigenvalue weighted by atomic mass is 35.5. The highest BCUT2D eigenvalue weighted by molar-refractivity contribution is 6.08. The molecule has 0 saturated heterocycles. The lowest BCUT2D eigenvalue weighted by Gasteiger charge is -2.19. The predicted octanol–water partition coefficient (Wildman–Crippen LogP) is 4.39. The molecule has 4 rings (SSSR count). The van der Waals surface area contributed by atoms with E-state index in [0.717, 1.165) is 35.8 Å². The van der Waals surface area contributed by atoms with Gasteiger partial charge in [-0.15, -0.1) is 12.4 Å². The molecule has 0 aliphatic heterocycles. The van der Waals surface area contributed by atoms with E-state index in [1.165, 1.54) is 0 Å². The molecule has 0 spiro atoms. The lowest BCUT2D eigenvalue weighted by molar-refractivity contribution is 0.0903. The van der Waals surface area contributed by atoms with Crippen LogP contribution in [0.1, 0.15) is 29.8 Å². The van der Waals surface area contributed by atoms with Gasteiger partial charge in [-0.1, -0.05) is 36.8 Å². The molecule has 2 aromatic carbocycles. The van der Waals surface area contributed by atoms with E-state index in [0.29, 0.717) is 29.6 Å². The number of furan rings is 1. The monoisotopic (exact) mass is 400 g/mol. The molecule has 3 N–H and O–H groups in total. The van der Waals surface area contributed by atoms with Gasteiger partial charge in [0.05, 0.1) is 7.11 Å². The van der Waals surface area contributed by atoms with E-state index >= 15 is 0 Å². The molecule has 1 fully saturated rings. The normalized spacial score (nSPS) is 18.6. The van der Waals surface area contributed by atoms with E-state index in [4.69, 9.17) is 14.9 Å². The van der Waals surface area contributed by atoms with Crippen molar-refractivity contribution in [3.63, 3.8) is 0 Å². The van der Waals surface area contributed by atoms with Gasteiger partial charge < -0.3 is 20.2 Å². The van der Waals surface area contributed by atoms with Gasteiger partial charge in [0.15, 0.2) is 0 Å². The molecule has 0 radical (unpaired) electrons. The van der Waals surface area contributed by atoms with Crippen molar-refractivity contribution in [2.75, 3.05) is 13.7 Å². The van der Waals surface area contributed by atoms with Gasteiger partial charge in [-0.25, -0.2) is 0 Å². The van der Waals surface area contributed by atoms with Crippen molar-refractivity contribution in [3.05, 3.63) is 54.3 Å². The van der Waals surface area contributed by atoms with Crippen molar-refractivity contribution >= 4 is 29.3 Å². The van der Waals surface area contributed by atoms with Crippen molar-refractivity contribution < 1.29 is 13.9 Å². The summed E-state index contributed by atoms with van der Waals surface area (Å²) in [6.45, 7) is 0.591. The Hall–Kier alpha value is -2.50. The fourth-order valence-corrected chi connectivity index (χ4v) is 4.00. The minimum atomic E-state index is -0.186.